The summed E-state index contributed by atoms with van der Waals surface area (Å²) >= 11 is 0. The summed E-state index contributed by atoms with van der Waals surface area (Å²) in [6, 6.07) is 0. The molecule has 2 unspecified atom stereocenters. The molecule has 2 atom stereocenters. The summed E-state index contributed by atoms with van der Waals surface area (Å²) in [6.45, 7) is 7.10. The first-order chi connectivity index (χ1) is 7.95. The van der Waals surface area contributed by atoms with Gasteiger partial charge in [0.1, 0.15) is 0 Å². The van der Waals surface area contributed by atoms with E-state index >= 15 is 0 Å². The molecule has 0 bridgehead atoms. The Hall–Kier alpha value is -1.10. The molecule has 0 aliphatic carbocycles. The Labute approximate surface area is 102 Å². The van der Waals surface area contributed by atoms with Gasteiger partial charge in [0.25, 0.3) is 0 Å². The molecule has 1 rings (SSSR count). The van der Waals surface area contributed by atoms with Crippen molar-refractivity contribution in [2.24, 2.45) is 11.8 Å². The molecule has 0 spiro atoms. The molecule has 1 heterocycles. The van der Waals surface area contributed by atoms with Crippen LogP contribution in [0, 0.1) is 11.8 Å². The van der Waals surface area contributed by atoms with Crippen molar-refractivity contribution in [3.8, 4) is 0 Å². The quantitative estimate of drug-likeness (QED) is 0.712. The Kier molecular flexibility index (Phi) is 4.93. The summed E-state index contributed by atoms with van der Waals surface area (Å²) in [4.78, 5) is 24.9. The van der Waals surface area contributed by atoms with E-state index in [2.05, 4.69) is 5.32 Å². The van der Waals surface area contributed by atoms with Crippen LogP contribution in [-0.2, 0) is 9.59 Å². The minimum Gasteiger partial charge on any atom is -0.391 e. The molecule has 2 amide bonds. The second-order valence-corrected chi connectivity index (χ2v) is 4.89. The highest BCUT2D eigenvalue weighted by Crippen LogP contribution is 2.17. The maximum Gasteiger partial charge on any atom is 0.225 e. The van der Waals surface area contributed by atoms with E-state index in [-0.39, 0.29) is 36.6 Å². The molecule has 0 aromatic carbocycles. The molecule has 17 heavy (non-hydrogen) atoms. The second-order valence-electron chi connectivity index (χ2n) is 4.89. The Bertz CT molecular complexity index is 291. The summed E-state index contributed by atoms with van der Waals surface area (Å²) in [6.07, 6.45) is -0.240. The van der Waals surface area contributed by atoms with Gasteiger partial charge < -0.3 is 15.3 Å². The van der Waals surface area contributed by atoms with Crippen LogP contribution < -0.4 is 5.32 Å². The molecule has 1 saturated heterocycles. The highest BCUT2D eigenvalue weighted by Gasteiger charge is 2.33. The smallest absolute Gasteiger partial charge is 0.225 e. The van der Waals surface area contributed by atoms with Gasteiger partial charge in [0.15, 0.2) is 0 Å². The Morgan fingerprint density at radius 2 is 2.24 bits per heavy atom. The molecule has 1 aliphatic rings. The van der Waals surface area contributed by atoms with Gasteiger partial charge in [-0.05, 0) is 12.8 Å². The zero-order chi connectivity index (χ0) is 13.0. The van der Waals surface area contributed by atoms with Gasteiger partial charge in [0.2, 0.25) is 11.8 Å². The molecule has 1 aliphatic heterocycles. The normalized spacial score (nSPS) is 22.1. The first kappa shape index (κ1) is 14.0. The second kappa shape index (κ2) is 6.00. The van der Waals surface area contributed by atoms with E-state index < -0.39 is 6.10 Å². The molecule has 0 aromatic heterocycles. The number of nitrogens with zero attached hydrogens (tertiary/aromatic N) is 1. The van der Waals surface area contributed by atoms with Crippen LogP contribution in [0.1, 0.15) is 27.2 Å². The standard InChI is InChI=1S/C12H22N2O3/c1-4-14-7-9(5-11(14)16)12(17)13-6-10(15)8(2)3/h8-10,15H,4-7H2,1-3H3,(H,13,17). The summed E-state index contributed by atoms with van der Waals surface area (Å²) in [7, 11) is 0. The summed E-state index contributed by atoms with van der Waals surface area (Å²) < 4.78 is 0. The summed E-state index contributed by atoms with van der Waals surface area (Å²) in [5.74, 6) is -0.236. The number of aliphatic hydroxyl groups excluding tert-OH is 1. The minimum atomic E-state index is -0.529. The molecule has 98 valence electrons. The van der Waals surface area contributed by atoms with E-state index in [4.69, 9.17) is 0 Å². The number of carbonyl (C=O) groups excluding carboxylic acids is 2. The Morgan fingerprint density at radius 1 is 1.59 bits per heavy atom. The molecule has 5 nitrogen and oxygen atoms in total. The van der Waals surface area contributed by atoms with Crippen molar-refractivity contribution >= 4 is 11.8 Å². The third-order valence-corrected chi connectivity index (χ3v) is 3.22. The van der Waals surface area contributed by atoms with E-state index in [1.165, 1.54) is 0 Å². The lowest BCUT2D eigenvalue weighted by atomic mass is 10.1. The van der Waals surface area contributed by atoms with Crippen LogP contribution >= 0.6 is 0 Å². The summed E-state index contributed by atoms with van der Waals surface area (Å²) in [5.41, 5.74) is 0. The number of rotatable bonds is 5. The van der Waals surface area contributed by atoms with Crippen molar-refractivity contribution in [3.63, 3.8) is 0 Å². The van der Waals surface area contributed by atoms with Crippen LogP contribution in [0.5, 0.6) is 0 Å². The van der Waals surface area contributed by atoms with Crippen LogP contribution in [-0.4, -0.2) is 47.6 Å². The van der Waals surface area contributed by atoms with Crippen molar-refractivity contribution in [1.29, 1.82) is 0 Å². The molecule has 0 saturated carbocycles. The number of likely N-dealkylation sites (tertiary alicyclic amines) is 1. The fourth-order valence-electron chi connectivity index (χ4n) is 1.84. The lowest BCUT2D eigenvalue weighted by Crippen LogP contribution is -2.39. The van der Waals surface area contributed by atoms with Crippen LogP contribution in [0.2, 0.25) is 0 Å². The molecule has 5 heteroatoms. The zero-order valence-electron chi connectivity index (χ0n) is 10.8. The fourth-order valence-corrected chi connectivity index (χ4v) is 1.84. The fraction of sp³-hybridized carbons (Fsp3) is 0.833. The Morgan fingerprint density at radius 3 is 2.71 bits per heavy atom. The first-order valence-corrected chi connectivity index (χ1v) is 6.19. The monoisotopic (exact) mass is 242 g/mol. The van der Waals surface area contributed by atoms with Crippen LogP contribution in [0.4, 0.5) is 0 Å². The third kappa shape index (κ3) is 3.70. The SMILES string of the molecule is CCN1CC(C(=O)NCC(O)C(C)C)CC1=O. The molecule has 0 aromatic rings. The number of hydrogen-bond acceptors (Lipinski definition) is 3. The van der Waals surface area contributed by atoms with Gasteiger partial charge in [-0.2, -0.15) is 0 Å². The van der Waals surface area contributed by atoms with Gasteiger partial charge in [0.05, 0.1) is 12.0 Å². The van der Waals surface area contributed by atoms with Gasteiger partial charge in [-0.3, -0.25) is 9.59 Å². The predicted molar refractivity (Wildman–Crippen MR) is 64.2 cm³/mol. The number of aliphatic hydroxyl groups is 1. The summed E-state index contributed by atoms with van der Waals surface area (Å²) in [5, 5.41) is 12.3. The van der Waals surface area contributed by atoms with Crippen molar-refractivity contribution in [3.05, 3.63) is 0 Å². The minimum absolute atomic E-state index is 0.0389. The zero-order valence-corrected chi connectivity index (χ0v) is 10.8. The van der Waals surface area contributed by atoms with Crippen LogP contribution in [0.15, 0.2) is 0 Å². The maximum absolute atomic E-state index is 11.8. The maximum atomic E-state index is 11.8. The molecule has 0 radical (unpaired) electrons. The number of carbonyl (C=O) groups is 2. The van der Waals surface area contributed by atoms with Crippen LogP contribution in [0.25, 0.3) is 0 Å². The molecule has 1 fully saturated rings. The third-order valence-electron chi connectivity index (χ3n) is 3.22. The highest BCUT2D eigenvalue weighted by molar-refractivity contribution is 5.89. The van der Waals surface area contributed by atoms with Gasteiger partial charge in [0, 0.05) is 26.1 Å². The number of amides is 2. The van der Waals surface area contributed by atoms with E-state index in [1.54, 1.807) is 4.90 Å². The van der Waals surface area contributed by atoms with Gasteiger partial charge in [-0.25, -0.2) is 0 Å². The Balaban J connectivity index is 2.37. The van der Waals surface area contributed by atoms with E-state index in [9.17, 15) is 14.7 Å². The van der Waals surface area contributed by atoms with Crippen molar-refractivity contribution < 1.29 is 14.7 Å². The van der Waals surface area contributed by atoms with E-state index in [0.717, 1.165) is 0 Å². The lowest BCUT2D eigenvalue weighted by molar-refractivity contribution is -0.129. The van der Waals surface area contributed by atoms with E-state index in [1.807, 2.05) is 20.8 Å². The average molecular weight is 242 g/mol. The largest absolute Gasteiger partial charge is 0.391 e. The van der Waals surface area contributed by atoms with Crippen molar-refractivity contribution in [1.82, 2.24) is 10.2 Å². The predicted octanol–water partition coefficient (Wildman–Crippen LogP) is -0.0121. The van der Waals surface area contributed by atoms with Gasteiger partial charge >= 0.3 is 0 Å². The van der Waals surface area contributed by atoms with Crippen molar-refractivity contribution in [2.45, 2.75) is 33.3 Å². The van der Waals surface area contributed by atoms with Gasteiger partial charge in [-0.1, -0.05) is 13.8 Å². The van der Waals surface area contributed by atoms with Gasteiger partial charge in [-0.15, -0.1) is 0 Å². The average Bonchev–Trinajstić information content (AvgIpc) is 2.66. The van der Waals surface area contributed by atoms with E-state index in [0.29, 0.717) is 13.1 Å². The first-order valence-electron chi connectivity index (χ1n) is 6.19. The van der Waals surface area contributed by atoms with Crippen molar-refractivity contribution in [2.75, 3.05) is 19.6 Å². The van der Waals surface area contributed by atoms with Crippen LogP contribution in [0.3, 0.4) is 0 Å². The molecular formula is C12H22N2O3. The number of hydrogen-bond donors (Lipinski definition) is 2. The molecule has 2 N–H and O–H groups in total. The topological polar surface area (TPSA) is 69.6 Å². The molecular weight excluding hydrogens is 220 g/mol. The number of nitrogens with one attached hydrogen (secondary N) is 1. The lowest BCUT2D eigenvalue weighted by Gasteiger charge is -2.17. The highest BCUT2D eigenvalue weighted by atomic mass is 16.3.